The number of amides is 1. The fourth-order valence-electron chi connectivity index (χ4n) is 10.8. The van der Waals surface area contributed by atoms with Crippen LogP contribution in [0.4, 0.5) is 0 Å². The molecule has 0 rings (SSSR count). The molecule has 0 aliphatic carbocycles. The van der Waals surface area contributed by atoms with Crippen LogP contribution in [0.5, 0.6) is 0 Å². The Morgan fingerprint density at radius 2 is 0.533 bits per heavy atom. The van der Waals surface area contributed by atoms with E-state index < -0.39 is 97.5 Å². The second-order valence-corrected chi connectivity index (χ2v) is 28.7. The summed E-state index contributed by atoms with van der Waals surface area (Å²) in [6.45, 7) is 4.87. The van der Waals surface area contributed by atoms with Crippen molar-refractivity contribution in [1.29, 1.82) is 0 Å². The first-order valence-electron chi connectivity index (χ1n) is 37.4. The van der Waals surface area contributed by atoms with Gasteiger partial charge in [-0.25, -0.2) is 9.13 Å². The maximum Gasteiger partial charge on any atom is 0.472 e. The third-order valence-electron chi connectivity index (χ3n) is 16.5. The number of carbonyl (C=O) groups is 5. The van der Waals surface area contributed by atoms with E-state index in [1.54, 1.807) is 0 Å². The Balaban J connectivity index is 5.26. The highest BCUT2D eigenvalue weighted by molar-refractivity contribution is 7.47. The van der Waals surface area contributed by atoms with Gasteiger partial charge >= 0.3 is 39.5 Å². The van der Waals surface area contributed by atoms with Gasteiger partial charge in [-0.05, 0) is 32.1 Å². The summed E-state index contributed by atoms with van der Waals surface area (Å²) in [6, 6.07) is 0. The molecular weight excluding hydrogens is 1220 g/mol. The number of carbonyl (C=O) groups excluding carboxylic acids is 5. The Bertz CT molecular complexity index is 1830. The number of unbranched alkanes of at least 4 members (excludes halogenated alkanes) is 44. The van der Waals surface area contributed by atoms with Gasteiger partial charge in [0.15, 0.2) is 12.2 Å². The van der Waals surface area contributed by atoms with E-state index in [2.05, 4.69) is 26.1 Å². The molecule has 5 atom stereocenters. The van der Waals surface area contributed by atoms with Crippen LogP contribution in [-0.2, 0) is 70.1 Å². The van der Waals surface area contributed by atoms with E-state index in [-0.39, 0.29) is 31.6 Å². The van der Waals surface area contributed by atoms with Crippen molar-refractivity contribution >= 4 is 45.4 Å². The van der Waals surface area contributed by atoms with Gasteiger partial charge in [0.2, 0.25) is 5.91 Å². The van der Waals surface area contributed by atoms with E-state index in [4.69, 9.17) is 37.0 Å². The van der Waals surface area contributed by atoms with Gasteiger partial charge in [-0.1, -0.05) is 297 Å². The van der Waals surface area contributed by atoms with Crippen molar-refractivity contribution in [2.24, 2.45) is 0 Å². The molecule has 0 radical (unpaired) electrons. The third kappa shape index (κ3) is 66.2. The summed E-state index contributed by atoms with van der Waals surface area (Å²) in [5.74, 6) is -2.19. The van der Waals surface area contributed by atoms with Crippen LogP contribution in [0.2, 0.25) is 0 Å². The van der Waals surface area contributed by atoms with E-state index in [9.17, 15) is 48.0 Å². The van der Waals surface area contributed by atoms with E-state index in [0.717, 1.165) is 122 Å². The number of hydrogen-bond acceptors (Lipinski definition) is 16. The quantitative estimate of drug-likeness (QED) is 0.0191. The number of aliphatic hydroxyl groups excluding tert-OH is 1. The fraction of sp³-hybridized carbons (Fsp3) is 0.930. The number of esters is 4. The zero-order valence-electron chi connectivity index (χ0n) is 58.8. The lowest BCUT2D eigenvalue weighted by Gasteiger charge is -2.21. The van der Waals surface area contributed by atoms with E-state index >= 15 is 0 Å². The Morgan fingerprint density at radius 1 is 0.315 bits per heavy atom. The molecule has 0 bridgehead atoms. The molecule has 1 amide bonds. The Morgan fingerprint density at radius 3 is 0.783 bits per heavy atom. The molecule has 544 valence electrons. The highest BCUT2D eigenvalue weighted by Gasteiger charge is 2.30. The Kier molecular flexibility index (Phi) is 64.0. The van der Waals surface area contributed by atoms with Gasteiger partial charge in [0.1, 0.15) is 19.3 Å². The molecule has 0 spiro atoms. The zero-order chi connectivity index (χ0) is 67.7. The molecule has 21 heteroatoms. The van der Waals surface area contributed by atoms with Crippen molar-refractivity contribution in [3.63, 3.8) is 0 Å². The topological polar surface area (TPSA) is 266 Å². The molecule has 2 unspecified atom stereocenters. The van der Waals surface area contributed by atoms with Crippen molar-refractivity contribution in [3.05, 3.63) is 0 Å². The molecule has 0 fully saturated rings. The molecule has 0 aromatic heterocycles. The number of phosphoric ester groups is 2. The smallest absolute Gasteiger partial charge is 0.462 e. The van der Waals surface area contributed by atoms with Crippen LogP contribution in [0.25, 0.3) is 0 Å². The highest BCUT2D eigenvalue weighted by atomic mass is 31.2. The average molecular weight is 1350 g/mol. The number of hydrogen-bond donors (Lipinski definition) is 4. The minimum Gasteiger partial charge on any atom is -0.462 e. The first kappa shape index (κ1) is 89.5. The van der Waals surface area contributed by atoms with Crippen LogP contribution in [0, 0.1) is 0 Å². The van der Waals surface area contributed by atoms with Crippen LogP contribution >= 0.6 is 15.6 Å². The van der Waals surface area contributed by atoms with Gasteiger partial charge in [-0.15, -0.1) is 0 Å². The van der Waals surface area contributed by atoms with Gasteiger partial charge in [-0.3, -0.25) is 42.1 Å². The number of aliphatic hydroxyl groups is 1. The normalized spacial score (nSPS) is 13.9. The standard InChI is InChI=1S/C71H137NO18P2/c1-5-8-11-14-17-20-23-26-29-33-38-43-48-53-68(75)83-60-66(89-70(77)55-50-45-40-34-30-27-24-21-18-15-12-9-6-2)62-87-91(79,80)85-58-65(74)59-86-92(81,82)88-63-67(90-71(78)56-51-46-41-35-31-28-25-22-19-16-13-10-7-3)61-84-69(76)54-49-44-39-36-32-37-42-47-52-57-72-64(4)73/h65-67,74H,5-63H2,1-4H3,(H,72,73)(H,79,80)(H,81,82)/t65-,66+,67-/m1/s1. The zero-order valence-corrected chi connectivity index (χ0v) is 60.6. The minimum atomic E-state index is -4.97. The number of phosphoric acid groups is 2. The van der Waals surface area contributed by atoms with Crippen molar-refractivity contribution in [1.82, 2.24) is 5.32 Å². The van der Waals surface area contributed by atoms with Crippen LogP contribution in [0.1, 0.15) is 362 Å². The van der Waals surface area contributed by atoms with E-state index in [1.807, 2.05) is 0 Å². The molecule has 4 N–H and O–H groups in total. The maximum atomic E-state index is 13.0. The molecule has 92 heavy (non-hydrogen) atoms. The third-order valence-corrected chi connectivity index (χ3v) is 18.5. The summed E-state index contributed by atoms with van der Waals surface area (Å²) in [6.07, 6.45) is 49.8. The summed E-state index contributed by atoms with van der Waals surface area (Å²) in [5, 5.41) is 13.4. The van der Waals surface area contributed by atoms with Gasteiger partial charge in [0.05, 0.1) is 26.4 Å². The van der Waals surface area contributed by atoms with Gasteiger partial charge in [0, 0.05) is 39.2 Å². The Labute approximate surface area is 559 Å². The first-order valence-corrected chi connectivity index (χ1v) is 40.4. The number of nitrogens with one attached hydrogen (secondary N) is 1. The van der Waals surface area contributed by atoms with Gasteiger partial charge < -0.3 is 39.2 Å². The fourth-order valence-corrected chi connectivity index (χ4v) is 12.4. The molecule has 0 aromatic rings. The van der Waals surface area contributed by atoms with Crippen LogP contribution < -0.4 is 5.32 Å². The Hall–Kier alpha value is -2.47. The maximum absolute atomic E-state index is 13.0. The van der Waals surface area contributed by atoms with Crippen LogP contribution in [-0.4, -0.2) is 109 Å². The highest BCUT2D eigenvalue weighted by Crippen LogP contribution is 2.45. The molecule has 0 heterocycles. The molecule has 19 nitrogen and oxygen atoms in total. The summed E-state index contributed by atoms with van der Waals surface area (Å²) < 4.78 is 68.3. The van der Waals surface area contributed by atoms with E-state index in [1.165, 1.54) is 167 Å². The lowest BCUT2D eigenvalue weighted by Crippen LogP contribution is -2.30. The van der Waals surface area contributed by atoms with Crippen molar-refractivity contribution < 1.29 is 85.0 Å². The summed E-state index contributed by atoms with van der Waals surface area (Å²) in [4.78, 5) is 83.7. The molecule has 0 aliphatic heterocycles. The number of ether oxygens (including phenoxy) is 4. The summed E-state index contributed by atoms with van der Waals surface area (Å²) in [5.41, 5.74) is 0. The van der Waals surface area contributed by atoms with Crippen molar-refractivity contribution in [2.75, 3.05) is 46.2 Å². The largest absolute Gasteiger partial charge is 0.472 e. The predicted molar refractivity (Wildman–Crippen MR) is 367 cm³/mol. The van der Waals surface area contributed by atoms with E-state index in [0.29, 0.717) is 32.2 Å². The second-order valence-electron chi connectivity index (χ2n) is 25.8. The average Bonchev–Trinajstić information content (AvgIpc) is 2.11. The van der Waals surface area contributed by atoms with Crippen molar-refractivity contribution in [2.45, 2.75) is 380 Å². The summed E-state index contributed by atoms with van der Waals surface area (Å²) >= 11 is 0. The molecule has 0 aliphatic rings. The molecule has 0 saturated heterocycles. The SMILES string of the molecule is CCCCCCCCCCCCCCCC(=O)OC[C@@H](COP(=O)(O)OC[C@@H](O)COP(=O)(O)OC[C@@H](COC(=O)CCCCCCCCCCCNC(C)=O)OC(=O)CCCCCCCCCCCCCCC)OC(=O)CCCCCCCCCCCCCCC. The molecule has 0 saturated carbocycles. The minimum absolute atomic E-state index is 0.0132. The summed E-state index contributed by atoms with van der Waals surface area (Å²) in [7, 11) is -9.93. The van der Waals surface area contributed by atoms with Crippen LogP contribution in [0.15, 0.2) is 0 Å². The predicted octanol–water partition coefficient (Wildman–Crippen LogP) is 19.0. The first-order chi connectivity index (χ1) is 44.5. The van der Waals surface area contributed by atoms with Crippen LogP contribution in [0.3, 0.4) is 0 Å². The monoisotopic (exact) mass is 1350 g/mol. The second kappa shape index (κ2) is 65.8. The number of rotatable bonds is 72. The van der Waals surface area contributed by atoms with Gasteiger partial charge in [-0.2, -0.15) is 0 Å². The molecule has 0 aromatic carbocycles. The lowest BCUT2D eigenvalue weighted by molar-refractivity contribution is -0.161. The lowest BCUT2D eigenvalue weighted by atomic mass is 10.0. The molecular formula is C71H137NO18P2. The van der Waals surface area contributed by atoms with Gasteiger partial charge in [0.25, 0.3) is 0 Å². The van der Waals surface area contributed by atoms with Crippen molar-refractivity contribution in [3.8, 4) is 0 Å².